The summed E-state index contributed by atoms with van der Waals surface area (Å²) in [5.41, 5.74) is 7.94. The molecule has 1 saturated carbocycles. The van der Waals surface area contributed by atoms with Crippen molar-refractivity contribution in [2.75, 3.05) is 12.8 Å². The second-order valence-corrected chi connectivity index (χ2v) is 9.30. The molecule has 0 saturated heterocycles. The maximum Gasteiger partial charge on any atom is 0.222 e. The summed E-state index contributed by atoms with van der Waals surface area (Å²) in [6.07, 6.45) is 8.89. The summed E-state index contributed by atoms with van der Waals surface area (Å²) < 4.78 is 21.9. The Labute approximate surface area is 200 Å². The number of benzene rings is 2. The molecule has 6 nitrogen and oxygen atoms in total. The van der Waals surface area contributed by atoms with E-state index in [0.717, 1.165) is 36.7 Å². The summed E-state index contributed by atoms with van der Waals surface area (Å²) in [5, 5.41) is 0. The van der Waals surface area contributed by atoms with Crippen molar-refractivity contribution in [3.63, 3.8) is 0 Å². The minimum atomic E-state index is -0.417. The zero-order chi connectivity index (χ0) is 24.1. The normalized spacial score (nSPS) is 15.4. The zero-order valence-electron chi connectivity index (χ0n) is 20.2. The molecule has 2 aromatic carbocycles. The van der Waals surface area contributed by atoms with E-state index >= 15 is 0 Å². The molecule has 1 aromatic heterocycles. The molecule has 182 valence electrons. The number of carbonyl (C=O) groups is 1. The van der Waals surface area contributed by atoms with Gasteiger partial charge in [-0.2, -0.15) is 0 Å². The predicted molar refractivity (Wildman–Crippen MR) is 133 cm³/mol. The van der Waals surface area contributed by atoms with Crippen LogP contribution in [0, 0.1) is 5.82 Å². The van der Waals surface area contributed by atoms with Crippen molar-refractivity contribution in [2.45, 2.75) is 76.8 Å². The Hall–Kier alpha value is -3.09. The Kier molecular flexibility index (Phi) is 7.70. The predicted octanol–water partition coefficient (Wildman–Crippen LogP) is 6.46. The second kappa shape index (κ2) is 10.9. The fraction of sp³-hybridized carbons (Fsp3) is 0.481. The molecule has 2 N–H and O–H groups in total. The van der Waals surface area contributed by atoms with E-state index in [-0.39, 0.29) is 17.7 Å². The lowest BCUT2D eigenvalue weighted by atomic mass is 9.94. The number of fused-ring (bicyclic) bond motifs is 1. The first kappa shape index (κ1) is 24.0. The number of para-hydroxylation sites is 1. The van der Waals surface area contributed by atoms with Crippen LogP contribution in [0.2, 0.25) is 0 Å². The van der Waals surface area contributed by atoms with Crippen LogP contribution >= 0.6 is 0 Å². The van der Waals surface area contributed by atoms with E-state index in [4.69, 9.17) is 10.5 Å². The van der Waals surface area contributed by atoms with Crippen LogP contribution in [-0.4, -0.2) is 33.4 Å². The molecule has 1 amide bonds. The number of halogens is 1. The van der Waals surface area contributed by atoms with E-state index in [1.54, 1.807) is 24.3 Å². The molecule has 1 heterocycles. The maximum absolute atomic E-state index is 14.1. The van der Waals surface area contributed by atoms with Crippen molar-refractivity contribution in [2.24, 2.45) is 0 Å². The van der Waals surface area contributed by atoms with Crippen molar-refractivity contribution >= 4 is 22.9 Å². The van der Waals surface area contributed by atoms with E-state index in [0.29, 0.717) is 30.6 Å². The van der Waals surface area contributed by atoms with Gasteiger partial charge in [0.05, 0.1) is 11.0 Å². The van der Waals surface area contributed by atoms with Gasteiger partial charge in [0.25, 0.3) is 0 Å². The topological polar surface area (TPSA) is 73.4 Å². The van der Waals surface area contributed by atoms with Gasteiger partial charge < -0.3 is 19.9 Å². The van der Waals surface area contributed by atoms with Crippen LogP contribution in [0.25, 0.3) is 11.0 Å². The molecule has 1 aliphatic carbocycles. The maximum atomic E-state index is 14.1. The van der Waals surface area contributed by atoms with E-state index in [1.165, 1.54) is 25.3 Å². The third-order valence-electron chi connectivity index (χ3n) is 6.95. The first-order chi connectivity index (χ1) is 16.5. The smallest absolute Gasteiger partial charge is 0.222 e. The first-order valence-corrected chi connectivity index (χ1v) is 12.4. The number of anilines is 1. The molecule has 34 heavy (non-hydrogen) atoms. The van der Waals surface area contributed by atoms with Crippen molar-refractivity contribution in [1.29, 1.82) is 0 Å². The standard InChI is InChI=1S/C27H35FN4O2/c1-3-9-20(14-17-26(33)31(2)19-10-5-4-6-11-19)32-24-18-21(15-16-23(24)30-27(32)29)34-25-13-8-7-12-22(25)28/h7-8,12-13,15-16,18-20H,3-6,9-11,14,17H2,1-2H3,(H2,29,30). The van der Waals surface area contributed by atoms with Crippen LogP contribution in [0.15, 0.2) is 42.5 Å². The lowest BCUT2D eigenvalue weighted by molar-refractivity contribution is -0.132. The molecule has 1 unspecified atom stereocenters. The first-order valence-electron chi connectivity index (χ1n) is 12.4. The molecule has 1 fully saturated rings. The average molecular weight is 467 g/mol. The van der Waals surface area contributed by atoms with E-state index in [9.17, 15) is 9.18 Å². The van der Waals surface area contributed by atoms with E-state index in [2.05, 4.69) is 11.9 Å². The van der Waals surface area contributed by atoms with Crippen LogP contribution in [0.3, 0.4) is 0 Å². The van der Waals surface area contributed by atoms with Gasteiger partial charge in [0.1, 0.15) is 5.75 Å². The Bertz CT molecular complexity index is 1120. The highest BCUT2D eigenvalue weighted by Crippen LogP contribution is 2.33. The number of nitrogens with zero attached hydrogens (tertiary/aromatic N) is 3. The van der Waals surface area contributed by atoms with Crippen molar-refractivity contribution in [1.82, 2.24) is 14.5 Å². The van der Waals surface area contributed by atoms with Gasteiger partial charge in [0.2, 0.25) is 11.9 Å². The summed E-state index contributed by atoms with van der Waals surface area (Å²) in [7, 11) is 1.94. The number of amides is 1. The number of rotatable bonds is 9. The molecule has 1 aliphatic rings. The third-order valence-corrected chi connectivity index (χ3v) is 6.95. The molecule has 7 heteroatoms. The Morgan fingerprint density at radius 1 is 1.21 bits per heavy atom. The van der Waals surface area contributed by atoms with Crippen LogP contribution in [-0.2, 0) is 4.79 Å². The lowest BCUT2D eigenvalue weighted by Gasteiger charge is -2.32. The Balaban J connectivity index is 1.54. The number of ether oxygens (including phenoxy) is 1. The molecule has 0 bridgehead atoms. The highest BCUT2D eigenvalue weighted by atomic mass is 19.1. The largest absolute Gasteiger partial charge is 0.454 e. The fourth-order valence-corrected chi connectivity index (χ4v) is 5.07. The van der Waals surface area contributed by atoms with Crippen LogP contribution < -0.4 is 10.5 Å². The summed E-state index contributed by atoms with van der Waals surface area (Å²) in [5.74, 6) is 0.883. The van der Waals surface area contributed by atoms with Crippen LogP contribution in [0.4, 0.5) is 10.3 Å². The number of carbonyl (C=O) groups excluding carboxylic acids is 1. The highest BCUT2D eigenvalue weighted by Gasteiger charge is 2.24. The van der Waals surface area contributed by atoms with Gasteiger partial charge in [0, 0.05) is 31.6 Å². The quantitative estimate of drug-likeness (QED) is 0.393. The number of aromatic nitrogens is 2. The molecule has 3 aromatic rings. The fourth-order valence-electron chi connectivity index (χ4n) is 5.07. The lowest BCUT2D eigenvalue weighted by Crippen LogP contribution is -2.38. The average Bonchev–Trinajstić information content (AvgIpc) is 3.18. The summed E-state index contributed by atoms with van der Waals surface area (Å²) in [4.78, 5) is 19.5. The minimum absolute atomic E-state index is 0.0439. The zero-order valence-corrected chi connectivity index (χ0v) is 20.2. The number of hydrogen-bond donors (Lipinski definition) is 1. The number of imidazole rings is 1. The minimum Gasteiger partial charge on any atom is -0.454 e. The van der Waals surface area contributed by atoms with Gasteiger partial charge in [-0.1, -0.05) is 44.7 Å². The molecule has 0 aliphatic heterocycles. The Morgan fingerprint density at radius 3 is 2.71 bits per heavy atom. The molecule has 0 radical (unpaired) electrons. The highest BCUT2D eigenvalue weighted by molar-refractivity contribution is 5.80. The number of nitrogen functional groups attached to an aromatic ring is 1. The van der Waals surface area contributed by atoms with Gasteiger partial charge in [0.15, 0.2) is 11.6 Å². The molecule has 1 atom stereocenters. The summed E-state index contributed by atoms with van der Waals surface area (Å²) in [6, 6.07) is 12.2. The van der Waals surface area contributed by atoms with Crippen molar-refractivity contribution < 1.29 is 13.9 Å². The Morgan fingerprint density at radius 2 is 1.97 bits per heavy atom. The van der Waals surface area contributed by atoms with Crippen molar-refractivity contribution in [3.8, 4) is 11.5 Å². The van der Waals surface area contributed by atoms with Crippen LogP contribution in [0.5, 0.6) is 11.5 Å². The van der Waals surface area contributed by atoms with Gasteiger partial charge >= 0.3 is 0 Å². The SMILES string of the molecule is CCCC(CCC(=O)N(C)C1CCCCC1)n1c(N)nc2ccc(Oc3ccccc3F)cc21. The van der Waals surface area contributed by atoms with Crippen LogP contribution in [0.1, 0.15) is 70.8 Å². The van der Waals surface area contributed by atoms with Crippen molar-refractivity contribution in [3.05, 3.63) is 48.3 Å². The monoisotopic (exact) mass is 466 g/mol. The molecular weight excluding hydrogens is 431 g/mol. The molecular formula is C27H35FN4O2. The number of hydrogen-bond acceptors (Lipinski definition) is 4. The van der Waals surface area contributed by atoms with E-state index < -0.39 is 5.82 Å². The molecule has 4 rings (SSSR count). The summed E-state index contributed by atoms with van der Waals surface area (Å²) in [6.45, 7) is 2.13. The van der Waals surface area contributed by atoms with Gasteiger partial charge in [-0.25, -0.2) is 9.37 Å². The second-order valence-electron chi connectivity index (χ2n) is 9.30. The van der Waals surface area contributed by atoms with E-state index in [1.807, 2.05) is 28.6 Å². The number of nitrogens with two attached hydrogens (primary N) is 1. The third kappa shape index (κ3) is 5.34. The molecule has 0 spiro atoms. The van der Waals surface area contributed by atoms with Gasteiger partial charge in [-0.3, -0.25) is 4.79 Å². The van der Waals surface area contributed by atoms with Gasteiger partial charge in [-0.05, 0) is 49.9 Å². The van der Waals surface area contributed by atoms with Gasteiger partial charge in [-0.15, -0.1) is 0 Å². The summed E-state index contributed by atoms with van der Waals surface area (Å²) >= 11 is 0.